The van der Waals surface area contributed by atoms with Crippen LogP contribution in [0.3, 0.4) is 0 Å². The summed E-state index contributed by atoms with van der Waals surface area (Å²) < 4.78 is 1.95. The zero-order valence-corrected chi connectivity index (χ0v) is 9.09. The highest BCUT2D eigenvalue weighted by Crippen LogP contribution is 2.23. The molecule has 1 fully saturated rings. The molecule has 0 saturated heterocycles. The van der Waals surface area contributed by atoms with E-state index in [1.807, 2.05) is 23.9 Å². The van der Waals surface area contributed by atoms with Crippen molar-refractivity contribution in [2.24, 2.45) is 7.05 Å². The zero-order valence-electron chi connectivity index (χ0n) is 9.09. The second-order valence-electron chi connectivity index (χ2n) is 4.07. The molecule has 1 aliphatic carbocycles. The van der Waals surface area contributed by atoms with Crippen LogP contribution in [0.2, 0.25) is 0 Å². The first-order chi connectivity index (χ1) is 7.83. The molecule has 0 aromatic carbocycles. The van der Waals surface area contributed by atoms with Gasteiger partial charge in [-0.2, -0.15) is 0 Å². The summed E-state index contributed by atoms with van der Waals surface area (Å²) in [4.78, 5) is 12.8. The maximum Gasteiger partial charge on any atom is 0.223 e. The van der Waals surface area contributed by atoms with Gasteiger partial charge in [0, 0.05) is 19.3 Å². The van der Waals surface area contributed by atoms with Gasteiger partial charge in [0.25, 0.3) is 0 Å². The Morgan fingerprint density at radius 3 is 3.00 bits per heavy atom. The monoisotopic (exact) mass is 215 g/mol. The van der Waals surface area contributed by atoms with Gasteiger partial charge >= 0.3 is 0 Å². The van der Waals surface area contributed by atoms with Crippen molar-refractivity contribution >= 4 is 5.95 Å². The number of nitrogens with zero attached hydrogens (tertiary/aromatic N) is 4. The van der Waals surface area contributed by atoms with Gasteiger partial charge < -0.3 is 9.88 Å². The average molecular weight is 215 g/mol. The van der Waals surface area contributed by atoms with Crippen LogP contribution in [0.4, 0.5) is 5.95 Å². The van der Waals surface area contributed by atoms with Gasteiger partial charge in [-0.05, 0) is 18.9 Å². The smallest absolute Gasteiger partial charge is 0.223 e. The minimum absolute atomic E-state index is 0.571. The molecule has 0 unspecified atom stereocenters. The van der Waals surface area contributed by atoms with Crippen LogP contribution < -0.4 is 5.32 Å². The van der Waals surface area contributed by atoms with Crippen molar-refractivity contribution in [3.05, 3.63) is 24.8 Å². The van der Waals surface area contributed by atoms with Crippen molar-refractivity contribution in [1.29, 1.82) is 0 Å². The molecule has 0 radical (unpaired) electrons. The van der Waals surface area contributed by atoms with Crippen LogP contribution in [0.15, 0.2) is 24.8 Å². The fourth-order valence-electron chi connectivity index (χ4n) is 1.59. The first-order valence-corrected chi connectivity index (χ1v) is 5.39. The van der Waals surface area contributed by atoms with Gasteiger partial charge in [-0.25, -0.2) is 15.0 Å². The largest absolute Gasteiger partial charge is 0.351 e. The van der Waals surface area contributed by atoms with Crippen LogP contribution in [0, 0.1) is 0 Å². The van der Waals surface area contributed by atoms with Crippen molar-refractivity contribution in [2.45, 2.75) is 18.9 Å². The van der Waals surface area contributed by atoms with Gasteiger partial charge in [0.05, 0.1) is 23.9 Å². The molecule has 0 atom stereocenters. The summed E-state index contributed by atoms with van der Waals surface area (Å²) in [6.45, 7) is 0. The van der Waals surface area contributed by atoms with Crippen molar-refractivity contribution in [3.8, 4) is 11.4 Å². The number of aryl methyl sites for hydroxylation is 1. The molecule has 0 amide bonds. The Morgan fingerprint density at radius 1 is 1.44 bits per heavy atom. The standard InChI is InChI=1S/C11H13N5/c1-16-7-12-6-10(16)9-4-5-13-11(15-9)14-8-2-3-8/h4-8H,2-3H2,1H3,(H,13,14,15). The molecule has 0 bridgehead atoms. The molecular formula is C11H13N5. The molecule has 0 spiro atoms. The maximum absolute atomic E-state index is 4.47. The van der Waals surface area contributed by atoms with Crippen LogP contribution in [-0.4, -0.2) is 25.6 Å². The van der Waals surface area contributed by atoms with Gasteiger partial charge in [-0.1, -0.05) is 0 Å². The van der Waals surface area contributed by atoms with Gasteiger partial charge in [-0.15, -0.1) is 0 Å². The fourth-order valence-corrected chi connectivity index (χ4v) is 1.59. The Bertz CT molecular complexity index is 501. The highest BCUT2D eigenvalue weighted by molar-refractivity contribution is 5.55. The Balaban J connectivity index is 1.92. The molecule has 16 heavy (non-hydrogen) atoms. The van der Waals surface area contributed by atoms with E-state index in [1.54, 1.807) is 12.5 Å². The summed E-state index contributed by atoms with van der Waals surface area (Å²) in [7, 11) is 1.96. The Kier molecular flexibility index (Phi) is 2.09. The van der Waals surface area contributed by atoms with Crippen LogP contribution in [0.5, 0.6) is 0 Å². The normalized spacial score (nSPS) is 15.1. The van der Waals surface area contributed by atoms with Gasteiger partial charge in [0.2, 0.25) is 5.95 Å². The quantitative estimate of drug-likeness (QED) is 0.842. The highest BCUT2D eigenvalue weighted by Gasteiger charge is 2.21. The van der Waals surface area contributed by atoms with Crippen LogP contribution in [-0.2, 0) is 7.05 Å². The SMILES string of the molecule is Cn1cncc1-c1ccnc(NC2CC2)n1. The lowest BCUT2D eigenvalue weighted by Gasteiger charge is -2.05. The van der Waals surface area contributed by atoms with Gasteiger partial charge in [-0.3, -0.25) is 0 Å². The first-order valence-electron chi connectivity index (χ1n) is 5.39. The second kappa shape index (κ2) is 3.59. The van der Waals surface area contributed by atoms with Gasteiger partial charge in [0.1, 0.15) is 0 Å². The highest BCUT2D eigenvalue weighted by atomic mass is 15.1. The maximum atomic E-state index is 4.47. The topological polar surface area (TPSA) is 55.6 Å². The first kappa shape index (κ1) is 9.33. The number of rotatable bonds is 3. The second-order valence-corrected chi connectivity index (χ2v) is 4.07. The summed E-state index contributed by atoms with van der Waals surface area (Å²) in [6.07, 6.45) is 7.80. The number of nitrogens with one attached hydrogen (secondary N) is 1. The Morgan fingerprint density at radius 2 is 2.31 bits per heavy atom. The summed E-state index contributed by atoms with van der Waals surface area (Å²) in [5, 5.41) is 3.29. The van der Waals surface area contributed by atoms with E-state index in [0.29, 0.717) is 12.0 Å². The lowest BCUT2D eigenvalue weighted by molar-refractivity contribution is 0.914. The van der Waals surface area contributed by atoms with E-state index in [9.17, 15) is 0 Å². The molecule has 5 heteroatoms. The summed E-state index contributed by atoms with van der Waals surface area (Å²) in [5.74, 6) is 0.709. The Labute approximate surface area is 93.6 Å². The third kappa shape index (κ3) is 1.76. The zero-order chi connectivity index (χ0) is 11.0. The van der Waals surface area contributed by atoms with E-state index >= 15 is 0 Å². The molecule has 2 heterocycles. The molecule has 2 aromatic heterocycles. The van der Waals surface area contributed by atoms with E-state index in [4.69, 9.17) is 0 Å². The molecule has 1 aliphatic rings. The van der Waals surface area contributed by atoms with Crippen molar-refractivity contribution < 1.29 is 0 Å². The van der Waals surface area contributed by atoms with E-state index in [2.05, 4.69) is 20.3 Å². The van der Waals surface area contributed by atoms with Crippen molar-refractivity contribution in [3.63, 3.8) is 0 Å². The Hall–Kier alpha value is -1.91. The molecule has 2 aromatic rings. The molecule has 3 rings (SSSR count). The summed E-state index contributed by atoms with van der Waals surface area (Å²) in [5.41, 5.74) is 1.90. The minimum Gasteiger partial charge on any atom is -0.351 e. The number of hydrogen-bond donors (Lipinski definition) is 1. The van der Waals surface area contributed by atoms with Crippen molar-refractivity contribution in [1.82, 2.24) is 19.5 Å². The number of aromatic nitrogens is 4. The molecule has 1 saturated carbocycles. The van der Waals surface area contributed by atoms with Crippen LogP contribution in [0.1, 0.15) is 12.8 Å². The van der Waals surface area contributed by atoms with E-state index in [0.717, 1.165) is 11.4 Å². The molecule has 1 N–H and O–H groups in total. The van der Waals surface area contributed by atoms with E-state index in [-0.39, 0.29) is 0 Å². The van der Waals surface area contributed by atoms with Gasteiger partial charge in [0.15, 0.2) is 0 Å². The van der Waals surface area contributed by atoms with Crippen LogP contribution >= 0.6 is 0 Å². The average Bonchev–Trinajstić information content (AvgIpc) is 2.99. The number of anilines is 1. The molecule has 82 valence electrons. The third-order valence-corrected chi connectivity index (χ3v) is 2.65. The summed E-state index contributed by atoms with van der Waals surface area (Å²) in [6, 6.07) is 2.47. The van der Waals surface area contributed by atoms with Crippen LogP contribution in [0.25, 0.3) is 11.4 Å². The number of imidazole rings is 1. The predicted octanol–water partition coefficient (Wildman–Crippen LogP) is 1.45. The fraction of sp³-hybridized carbons (Fsp3) is 0.364. The molecule has 0 aliphatic heterocycles. The molecule has 5 nitrogen and oxygen atoms in total. The van der Waals surface area contributed by atoms with E-state index < -0.39 is 0 Å². The lowest BCUT2D eigenvalue weighted by atomic mass is 10.3. The lowest BCUT2D eigenvalue weighted by Crippen LogP contribution is -2.05. The predicted molar refractivity (Wildman–Crippen MR) is 60.9 cm³/mol. The third-order valence-electron chi connectivity index (χ3n) is 2.65. The van der Waals surface area contributed by atoms with Crippen molar-refractivity contribution in [2.75, 3.05) is 5.32 Å². The van der Waals surface area contributed by atoms with E-state index in [1.165, 1.54) is 12.8 Å². The number of hydrogen-bond acceptors (Lipinski definition) is 4. The summed E-state index contributed by atoms with van der Waals surface area (Å²) >= 11 is 0. The minimum atomic E-state index is 0.571. The molecular weight excluding hydrogens is 202 g/mol.